The highest BCUT2D eigenvalue weighted by Crippen LogP contribution is 2.23. The van der Waals surface area contributed by atoms with Gasteiger partial charge in [-0.15, -0.1) is 0 Å². The predicted molar refractivity (Wildman–Crippen MR) is 54.9 cm³/mol. The monoisotopic (exact) mass is 223 g/mol. The van der Waals surface area contributed by atoms with Gasteiger partial charge in [0.2, 0.25) is 5.78 Å². The Morgan fingerprint density at radius 3 is 3.12 bits per heavy atom. The van der Waals surface area contributed by atoms with Crippen LogP contribution in [0.2, 0.25) is 0 Å². The smallest absolute Gasteiger partial charge is 0.331 e. The molecule has 0 bridgehead atoms. The van der Waals surface area contributed by atoms with Crippen LogP contribution in [0.25, 0.3) is 0 Å². The molecule has 1 aromatic rings. The largest absolute Gasteiger partial charge is 0.464 e. The van der Waals surface area contributed by atoms with Gasteiger partial charge in [0.25, 0.3) is 0 Å². The Bertz CT molecular complexity index is 423. The van der Waals surface area contributed by atoms with E-state index in [4.69, 9.17) is 9.15 Å². The van der Waals surface area contributed by atoms with Gasteiger partial charge >= 0.3 is 5.97 Å². The maximum Gasteiger partial charge on any atom is 0.331 e. The van der Waals surface area contributed by atoms with Gasteiger partial charge in [-0.3, -0.25) is 9.69 Å². The first kappa shape index (κ1) is 10.9. The van der Waals surface area contributed by atoms with Gasteiger partial charge in [-0.1, -0.05) is 0 Å². The van der Waals surface area contributed by atoms with Crippen LogP contribution >= 0.6 is 0 Å². The van der Waals surface area contributed by atoms with Crippen molar-refractivity contribution < 1.29 is 18.7 Å². The zero-order chi connectivity index (χ0) is 11.7. The van der Waals surface area contributed by atoms with Crippen molar-refractivity contribution in [2.45, 2.75) is 19.5 Å². The fraction of sp³-hybridized carbons (Fsp3) is 0.455. The number of rotatable bonds is 2. The Morgan fingerprint density at radius 2 is 2.44 bits per heavy atom. The van der Waals surface area contributed by atoms with Gasteiger partial charge in [-0.05, 0) is 20.0 Å². The lowest BCUT2D eigenvalue weighted by atomic mass is 10.0. The summed E-state index contributed by atoms with van der Waals surface area (Å²) in [6.07, 6.45) is 1.46. The minimum atomic E-state index is -0.876. The summed E-state index contributed by atoms with van der Waals surface area (Å²) in [5.41, 5.74) is 0.813. The van der Waals surface area contributed by atoms with Gasteiger partial charge < -0.3 is 9.15 Å². The number of esters is 1. The van der Waals surface area contributed by atoms with Gasteiger partial charge in [-0.2, -0.15) is 0 Å². The molecule has 0 saturated carbocycles. The first-order chi connectivity index (χ1) is 7.65. The number of carbonyl (C=O) groups is 2. The quantitative estimate of drug-likeness (QED) is 0.549. The third-order valence-electron chi connectivity index (χ3n) is 2.59. The number of furan rings is 1. The Balaban J connectivity index is 2.29. The van der Waals surface area contributed by atoms with E-state index in [9.17, 15) is 9.59 Å². The Labute approximate surface area is 93.0 Å². The molecule has 0 fully saturated rings. The summed E-state index contributed by atoms with van der Waals surface area (Å²) in [6.45, 7) is 2.49. The van der Waals surface area contributed by atoms with E-state index in [1.54, 1.807) is 24.9 Å². The third-order valence-corrected chi connectivity index (χ3v) is 2.59. The SMILES string of the molecule is CCOC(=O)C1C(=O)c2occc2CN1C. The van der Waals surface area contributed by atoms with Crippen LogP contribution in [0.3, 0.4) is 0 Å². The predicted octanol–water partition coefficient (Wildman–Crippen LogP) is 0.839. The fourth-order valence-corrected chi connectivity index (χ4v) is 1.87. The lowest BCUT2D eigenvalue weighted by Gasteiger charge is -2.28. The molecule has 0 spiro atoms. The second-order valence-corrected chi connectivity index (χ2v) is 3.71. The van der Waals surface area contributed by atoms with E-state index in [2.05, 4.69) is 0 Å². The van der Waals surface area contributed by atoms with Gasteiger partial charge in [-0.25, -0.2) is 4.79 Å². The van der Waals surface area contributed by atoms with E-state index >= 15 is 0 Å². The number of Topliss-reactive ketones (excluding diaryl/α,β-unsaturated/α-hetero) is 1. The van der Waals surface area contributed by atoms with Crippen LogP contribution in [-0.2, 0) is 16.1 Å². The van der Waals surface area contributed by atoms with Crippen LogP contribution in [0.15, 0.2) is 16.7 Å². The maximum absolute atomic E-state index is 12.0. The molecule has 1 unspecified atom stereocenters. The molecule has 1 aliphatic rings. The number of hydrogen-bond donors (Lipinski definition) is 0. The molecule has 1 atom stereocenters. The number of ketones is 1. The number of likely N-dealkylation sites (N-methyl/N-ethyl adjacent to an activating group) is 1. The van der Waals surface area contributed by atoms with Crippen molar-refractivity contribution in [2.75, 3.05) is 13.7 Å². The fourth-order valence-electron chi connectivity index (χ4n) is 1.87. The summed E-state index contributed by atoms with van der Waals surface area (Å²) in [5, 5.41) is 0. The zero-order valence-electron chi connectivity index (χ0n) is 9.23. The van der Waals surface area contributed by atoms with Crippen LogP contribution < -0.4 is 0 Å². The van der Waals surface area contributed by atoms with Crippen molar-refractivity contribution in [3.05, 3.63) is 23.7 Å². The summed E-state index contributed by atoms with van der Waals surface area (Å²) in [5.74, 6) is -0.569. The van der Waals surface area contributed by atoms with E-state index in [1.807, 2.05) is 0 Å². The molecule has 5 nitrogen and oxygen atoms in total. The average Bonchev–Trinajstić information content (AvgIpc) is 2.66. The number of ether oxygens (including phenoxy) is 1. The molecule has 0 radical (unpaired) electrons. The summed E-state index contributed by atoms with van der Waals surface area (Å²) in [6, 6.07) is 0.865. The van der Waals surface area contributed by atoms with Crippen molar-refractivity contribution in [1.29, 1.82) is 0 Å². The van der Waals surface area contributed by atoms with Crippen LogP contribution in [0.4, 0.5) is 0 Å². The zero-order valence-corrected chi connectivity index (χ0v) is 9.23. The molecule has 0 amide bonds. The van der Waals surface area contributed by atoms with Crippen LogP contribution in [-0.4, -0.2) is 36.3 Å². The lowest BCUT2D eigenvalue weighted by molar-refractivity contribution is -0.147. The van der Waals surface area contributed by atoms with Crippen LogP contribution in [0.5, 0.6) is 0 Å². The van der Waals surface area contributed by atoms with Gasteiger partial charge in [0.15, 0.2) is 11.8 Å². The topological polar surface area (TPSA) is 59.8 Å². The second kappa shape index (κ2) is 4.09. The minimum absolute atomic E-state index is 0.265. The molecule has 0 aliphatic carbocycles. The molecule has 86 valence electrons. The number of fused-ring (bicyclic) bond motifs is 1. The second-order valence-electron chi connectivity index (χ2n) is 3.71. The van der Waals surface area contributed by atoms with Gasteiger partial charge in [0.05, 0.1) is 12.9 Å². The van der Waals surface area contributed by atoms with Crippen molar-refractivity contribution in [3.63, 3.8) is 0 Å². The first-order valence-electron chi connectivity index (χ1n) is 5.12. The summed E-state index contributed by atoms with van der Waals surface area (Å²) in [7, 11) is 1.72. The van der Waals surface area contributed by atoms with Crippen molar-refractivity contribution in [3.8, 4) is 0 Å². The van der Waals surface area contributed by atoms with E-state index in [1.165, 1.54) is 6.26 Å². The Morgan fingerprint density at radius 1 is 1.69 bits per heavy atom. The first-order valence-corrected chi connectivity index (χ1v) is 5.12. The summed E-state index contributed by atoms with van der Waals surface area (Å²) in [4.78, 5) is 25.3. The maximum atomic E-state index is 12.0. The van der Waals surface area contributed by atoms with E-state index in [0.29, 0.717) is 6.54 Å². The Kier molecular flexibility index (Phi) is 2.78. The number of carbonyl (C=O) groups excluding carboxylic acids is 2. The molecular formula is C11H13NO4. The van der Waals surface area contributed by atoms with Crippen LogP contribution in [0.1, 0.15) is 23.0 Å². The molecule has 16 heavy (non-hydrogen) atoms. The molecule has 5 heteroatoms. The standard InChI is InChI=1S/C11H13NO4/c1-3-15-11(14)8-9(13)10-7(4-5-16-10)6-12(8)2/h4-5,8H,3,6H2,1-2H3. The average molecular weight is 223 g/mol. The van der Waals surface area contributed by atoms with Gasteiger partial charge in [0, 0.05) is 12.1 Å². The molecule has 2 rings (SSSR count). The minimum Gasteiger partial charge on any atom is -0.464 e. The Hall–Kier alpha value is -1.62. The highest BCUT2D eigenvalue weighted by atomic mass is 16.5. The number of hydrogen-bond acceptors (Lipinski definition) is 5. The molecule has 0 saturated heterocycles. The number of nitrogens with zero attached hydrogens (tertiary/aromatic N) is 1. The van der Waals surface area contributed by atoms with E-state index < -0.39 is 12.0 Å². The highest BCUT2D eigenvalue weighted by Gasteiger charge is 2.39. The van der Waals surface area contributed by atoms with Gasteiger partial charge in [0.1, 0.15) is 0 Å². The van der Waals surface area contributed by atoms with Crippen molar-refractivity contribution >= 4 is 11.8 Å². The molecule has 1 aliphatic heterocycles. The summed E-state index contributed by atoms with van der Waals surface area (Å²) >= 11 is 0. The normalized spacial score (nSPS) is 20.6. The van der Waals surface area contributed by atoms with Crippen molar-refractivity contribution in [1.82, 2.24) is 4.90 Å². The lowest BCUT2D eigenvalue weighted by Crippen LogP contribution is -2.48. The van der Waals surface area contributed by atoms with E-state index in [0.717, 1.165) is 5.56 Å². The summed E-state index contributed by atoms with van der Waals surface area (Å²) < 4.78 is 9.96. The third kappa shape index (κ3) is 1.63. The van der Waals surface area contributed by atoms with Crippen molar-refractivity contribution in [2.24, 2.45) is 0 Å². The molecule has 0 aromatic carbocycles. The highest BCUT2D eigenvalue weighted by molar-refractivity contribution is 6.12. The van der Waals surface area contributed by atoms with E-state index in [-0.39, 0.29) is 18.2 Å². The molecule has 1 aromatic heterocycles. The molecule has 0 N–H and O–H groups in total. The molecule has 2 heterocycles. The molecular weight excluding hydrogens is 210 g/mol. The van der Waals surface area contributed by atoms with Crippen LogP contribution in [0, 0.1) is 0 Å².